The molecule has 0 N–H and O–H groups in total. The molecule has 1 aromatic rings. The van der Waals surface area contributed by atoms with E-state index < -0.39 is 7.12 Å². The second-order valence-electron chi connectivity index (χ2n) is 7.30. The molecule has 7 heteroatoms. The molecule has 0 radical (unpaired) electrons. The van der Waals surface area contributed by atoms with E-state index in [1.165, 1.54) is 0 Å². The van der Waals surface area contributed by atoms with Crippen LogP contribution in [-0.4, -0.2) is 54.6 Å². The number of anilines is 1. The molecule has 2 saturated heterocycles. The first-order valence-electron chi connectivity index (χ1n) is 8.25. The van der Waals surface area contributed by atoms with Crippen LogP contribution in [-0.2, 0) is 14.0 Å². The zero-order valence-electron chi connectivity index (χ0n) is 15.0. The summed E-state index contributed by atoms with van der Waals surface area (Å²) in [6, 6.07) is 0. The number of hydrogen-bond donors (Lipinski definition) is 0. The molecule has 0 saturated carbocycles. The molecule has 23 heavy (non-hydrogen) atoms. The number of hydrogen-bond acceptors (Lipinski definition) is 6. The molecule has 2 aliphatic rings. The lowest BCUT2D eigenvalue weighted by Gasteiger charge is -2.32. The van der Waals surface area contributed by atoms with Crippen molar-refractivity contribution in [3.63, 3.8) is 0 Å². The molecule has 3 rings (SSSR count). The van der Waals surface area contributed by atoms with Gasteiger partial charge in [-0.1, -0.05) is 0 Å². The zero-order chi connectivity index (χ0) is 16.8. The van der Waals surface area contributed by atoms with Gasteiger partial charge in [0.2, 0.25) is 5.95 Å². The highest BCUT2D eigenvalue weighted by Gasteiger charge is 2.52. The van der Waals surface area contributed by atoms with Gasteiger partial charge in [0.05, 0.1) is 24.4 Å². The monoisotopic (exact) mass is 319 g/mol. The van der Waals surface area contributed by atoms with E-state index in [0.717, 1.165) is 49.1 Å². The molecule has 3 heterocycles. The summed E-state index contributed by atoms with van der Waals surface area (Å²) in [5.74, 6) is 0.767. The van der Waals surface area contributed by atoms with Gasteiger partial charge in [-0.3, -0.25) is 0 Å². The predicted molar refractivity (Wildman–Crippen MR) is 90.3 cm³/mol. The van der Waals surface area contributed by atoms with Crippen molar-refractivity contribution in [1.82, 2.24) is 9.97 Å². The second-order valence-corrected chi connectivity index (χ2v) is 7.30. The Kier molecular flexibility index (Phi) is 4.15. The van der Waals surface area contributed by atoms with Gasteiger partial charge in [-0.05, 0) is 41.5 Å². The summed E-state index contributed by atoms with van der Waals surface area (Å²) in [7, 11) is -0.418. The van der Waals surface area contributed by atoms with Crippen molar-refractivity contribution >= 4 is 18.5 Å². The van der Waals surface area contributed by atoms with Crippen molar-refractivity contribution in [3.05, 3.63) is 11.4 Å². The summed E-state index contributed by atoms with van der Waals surface area (Å²) in [4.78, 5) is 11.6. The maximum absolute atomic E-state index is 6.16. The molecule has 0 unspecified atom stereocenters. The minimum Gasteiger partial charge on any atom is -0.399 e. The van der Waals surface area contributed by atoms with Crippen LogP contribution >= 0.6 is 0 Å². The molecule has 6 nitrogen and oxygen atoms in total. The van der Waals surface area contributed by atoms with Gasteiger partial charge in [0, 0.05) is 29.9 Å². The van der Waals surface area contributed by atoms with Gasteiger partial charge in [0.15, 0.2) is 0 Å². The third kappa shape index (κ3) is 2.97. The van der Waals surface area contributed by atoms with Crippen molar-refractivity contribution in [1.29, 1.82) is 0 Å². The fraction of sp³-hybridized carbons (Fsp3) is 0.750. The van der Waals surface area contributed by atoms with Gasteiger partial charge >= 0.3 is 7.12 Å². The molecule has 0 spiro atoms. The molecule has 0 amide bonds. The third-order valence-electron chi connectivity index (χ3n) is 5.10. The maximum atomic E-state index is 6.16. The van der Waals surface area contributed by atoms with E-state index in [1.807, 2.05) is 13.8 Å². The normalized spacial score (nSPS) is 23.4. The van der Waals surface area contributed by atoms with Crippen LogP contribution in [0.2, 0.25) is 0 Å². The summed E-state index contributed by atoms with van der Waals surface area (Å²) in [6.45, 7) is 15.3. The highest BCUT2D eigenvalue weighted by Crippen LogP contribution is 2.36. The average molecular weight is 319 g/mol. The van der Waals surface area contributed by atoms with Crippen molar-refractivity contribution < 1.29 is 14.0 Å². The first-order valence-corrected chi connectivity index (χ1v) is 8.25. The smallest absolute Gasteiger partial charge is 0.399 e. The lowest BCUT2D eigenvalue weighted by Crippen LogP contribution is -2.42. The van der Waals surface area contributed by atoms with Crippen LogP contribution in [0, 0.1) is 13.8 Å². The Morgan fingerprint density at radius 3 is 1.87 bits per heavy atom. The van der Waals surface area contributed by atoms with Crippen LogP contribution in [0.1, 0.15) is 39.1 Å². The fourth-order valence-corrected chi connectivity index (χ4v) is 2.91. The van der Waals surface area contributed by atoms with Gasteiger partial charge in [-0.15, -0.1) is 0 Å². The van der Waals surface area contributed by atoms with E-state index >= 15 is 0 Å². The largest absolute Gasteiger partial charge is 0.498 e. The van der Waals surface area contributed by atoms with Crippen molar-refractivity contribution in [3.8, 4) is 0 Å². The number of aryl methyl sites for hydroxylation is 2. The molecule has 2 fully saturated rings. The Labute approximate surface area is 138 Å². The number of nitrogens with zero attached hydrogens (tertiary/aromatic N) is 3. The molecule has 1 aromatic heterocycles. The molecule has 126 valence electrons. The van der Waals surface area contributed by atoms with E-state index in [1.54, 1.807) is 0 Å². The van der Waals surface area contributed by atoms with E-state index in [4.69, 9.17) is 24.0 Å². The lowest BCUT2D eigenvalue weighted by molar-refractivity contribution is 0.00578. The molecule has 0 bridgehead atoms. The highest BCUT2D eigenvalue weighted by molar-refractivity contribution is 6.63. The number of aromatic nitrogens is 2. The summed E-state index contributed by atoms with van der Waals surface area (Å²) in [6.07, 6.45) is 0. The Morgan fingerprint density at radius 1 is 0.913 bits per heavy atom. The summed E-state index contributed by atoms with van der Waals surface area (Å²) >= 11 is 0. The van der Waals surface area contributed by atoms with Gasteiger partial charge in [-0.2, -0.15) is 0 Å². The van der Waals surface area contributed by atoms with E-state index in [9.17, 15) is 0 Å². The Balaban J connectivity index is 1.90. The quantitative estimate of drug-likeness (QED) is 0.764. The van der Waals surface area contributed by atoms with E-state index in [-0.39, 0.29) is 11.2 Å². The van der Waals surface area contributed by atoms with Crippen LogP contribution in [0.15, 0.2) is 0 Å². The van der Waals surface area contributed by atoms with Crippen LogP contribution < -0.4 is 10.4 Å². The molecule has 0 atom stereocenters. The average Bonchev–Trinajstić information content (AvgIpc) is 2.67. The number of morpholine rings is 1. The maximum Gasteiger partial charge on any atom is 0.498 e. The van der Waals surface area contributed by atoms with Crippen LogP contribution in [0.4, 0.5) is 5.95 Å². The van der Waals surface area contributed by atoms with Crippen LogP contribution in [0.25, 0.3) is 0 Å². The van der Waals surface area contributed by atoms with Crippen molar-refractivity contribution in [2.24, 2.45) is 0 Å². The standard InChI is InChI=1S/C16H26BN3O3/c1-11-13(17-22-15(3,4)16(5,6)23-17)12(2)19-14(18-11)20-7-9-21-10-8-20/h7-10H2,1-6H3. The van der Waals surface area contributed by atoms with Gasteiger partial charge < -0.3 is 18.9 Å². The summed E-state index contributed by atoms with van der Waals surface area (Å²) in [5.41, 5.74) is 2.05. The Bertz CT molecular complexity index is 561. The minimum absolute atomic E-state index is 0.362. The minimum atomic E-state index is -0.418. The highest BCUT2D eigenvalue weighted by atomic mass is 16.7. The molecular formula is C16H26BN3O3. The molecule has 0 aliphatic carbocycles. The Morgan fingerprint density at radius 2 is 1.39 bits per heavy atom. The second kappa shape index (κ2) is 5.72. The molecule has 0 aromatic carbocycles. The van der Waals surface area contributed by atoms with E-state index in [2.05, 4.69) is 32.6 Å². The summed E-state index contributed by atoms with van der Waals surface area (Å²) < 4.78 is 17.7. The fourth-order valence-electron chi connectivity index (χ4n) is 2.91. The topological polar surface area (TPSA) is 56.7 Å². The van der Waals surface area contributed by atoms with Crippen molar-refractivity contribution in [2.45, 2.75) is 52.7 Å². The zero-order valence-corrected chi connectivity index (χ0v) is 15.0. The van der Waals surface area contributed by atoms with Gasteiger partial charge in [0.25, 0.3) is 0 Å². The number of ether oxygens (including phenoxy) is 1. The van der Waals surface area contributed by atoms with Gasteiger partial charge in [0.1, 0.15) is 0 Å². The predicted octanol–water partition coefficient (Wildman–Crippen LogP) is 1.23. The SMILES string of the molecule is Cc1nc(N2CCOCC2)nc(C)c1B1OC(C)(C)C(C)(C)O1. The van der Waals surface area contributed by atoms with Gasteiger partial charge in [-0.25, -0.2) is 9.97 Å². The number of rotatable bonds is 2. The summed E-state index contributed by atoms with van der Waals surface area (Å²) in [5, 5.41) is 0. The molecule has 2 aliphatic heterocycles. The Hall–Kier alpha value is -1.18. The van der Waals surface area contributed by atoms with Crippen LogP contribution in [0.5, 0.6) is 0 Å². The van der Waals surface area contributed by atoms with Crippen LogP contribution in [0.3, 0.4) is 0 Å². The molecular weight excluding hydrogens is 293 g/mol. The van der Waals surface area contributed by atoms with E-state index in [0.29, 0.717) is 0 Å². The van der Waals surface area contributed by atoms with Crippen molar-refractivity contribution in [2.75, 3.05) is 31.2 Å². The third-order valence-corrected chi connectivity index (χ3v) is 5.10. The lowest BCUT2D eigenvalue weighted by atomic mass is 9.76. The first kappa shape index (κ1) is 16.7. The first-order chi connectivity index (χ1) is 10.7.